The average molecular weight is 358 g/mol. The van der Waals surface area contributed by atoms with Gasteiger partial charge in [0.2, 0.25) is 11.8 Å². The van der Waals surface area contributed by atoms with Crippen molar-refractivity contribution in [3.63, 3.8) is 0 Å². The van der Waals surface area contributed by atoms with E-state index in [1.807, 2.05) is 12.1 Å². The van der Waals surface area contributed by atoms with Crippen LogP contribution in [0.25, 0.3) is 0 Å². The van der Waals surface area contributed by atoms with Crippen LogP contribution in [0.3, 0.4) is 0 Å². The van der Waals surface area contributed by atoms with E-state index in [1.54, 1.807) is 12.1 Å². The summed E-state index contributed by atoms with van der Waals surface area (Å²) in [5.74, 6) is -2.55. The van der Waals surface area contributed by atoms with Crippen molar-refractivity contribution < 1.29 is 18.4 Å². The van der Waals surface area contributed by atoms with Crippen LogP contribution in [0.2, 0.25) is 0 Å². The van der Waals surface area contributed by atoms with Gasteiger partial charge in [-0.1, -0.05) is 32.0 Å². The second kappa shape index (κ2) is 6.86. The molecule has 0 saturated heterocycles. The maximum Gasteiger partial charge on any atom is 0.240 e. The lowest BCUT2D eigenvalue weighted by Gasteiger charge is -2.16. The molecule has 0 bridgehead atoms. The molecule has 1 fully saturated rings. The van der Waals surface area contributed by atoms with E-state index >= 15 is 0 Å². The molecule has 0 atom stereocenters. The van der Waals surface area contributed by atoms with Crippen LogP contribution >= 0.6 is 0 Å². The van der Waals surface area contributed by atoms with Crippen LogP contribution in [0.1, 0.15) is 38.2 Å². The van der Waals surface area contributed by atoms with Crippen molar-refractivity contribution in [2.45, 2.75) is 32.6 Å². The molecular weight excluding hydrogens is 338 g/mol. The van der Waals surface area contributed by atoms with E-state index in [4.69, 9.17) is 0 Å². The summed E-state index contributed by atoms with van der Waals surface area (Å²) in [5, 5.41) is 4.94. The minimum Gasteiger partial charge on any atom is -0.325 e. The lowest BCUT2D eigenvalue weighted by molar-refractivity contribution is -0.131. The van der Waals surface area contributed by atoms with Crippen LogP contribution in [0, 0.1) is 17.0 Å². The quantitative estimate of drug-likeness (QED) is 0.776. The second-order valence-corrected chi connectivity index (χ2v) is 6.86. The Morgan fingerprint density at radius 2 is 1.46 bits per heavy atom. The highest BCUT2D eigenvalue weighted by atomic mass is 19.1. The summed E-state index contributed by atoms with van der Waals surface area (Å²) >= 11 is 0. The van der Waals surface area contributed by atoms with Crippen molar-refractivity contribution in [1.82, 2.24) is 0 Å². The Hall–Kier alpha value is -2.76. The average Bonchev–Trinajstić information content (AvgIpc) is 3.40. The van der Waals surface area contributed by atoms with Gasteiger partial charge in [-0.2, -0.15) is 0 Å². The molecule has 6 heteroatoms. The van der Waals surface area contributed by atoms with Gasteiger partial charge in [0.05, 0.1) is 0 Å². The zero-order chi connectivity index (χ0) is 18.9. The topological polar surface area (TPSA) is 58.2 Å². The smallest absolute Gasteiger partial charge is 0.240 e. The standard InChI is InChI=1S/C20H20F2N2O2/c1-12(2)13-6-8-14(9-7-13)23-18(25)20(10-11-20)19(26)24-17-15(21)4-3-5-16(17)22/h3-9,12H,10-11H2,1-2H3,(H,23,25)(H,24,26). The molecule has 0 heterocycles. The summed E-state index contributed by atoms with van der Waals surface area (Å²) in [6.07, 6.45) is 0.676. The van der Waals surface area contributed by atoms with Crippen molar-refractivity contribution in [3.05, 3.63) is 59.7 Å². The second-order valence-electron chi connectivity index (χ2n) is 6.86. The third kappa shape index (κ3) is 3.45. The first-order chi connectivity index (χ1) is 12.3. The fraction of sp³-hybridized carbons (Fsp3) is 0.300. The van der Waals surface area contributed by atoms with E-state index in [0.29, 0.717) is 24.4 Å². The minimum absolute atomic E-state index is 0.338. The molecule has 0 aromatic heterocycles. The lowest BCUT2D eigenvalue weighted by Crippen LogP contribution is -2.36. The van der Waals surface area contributed by atoms with Gasteiger partial charge in [0.25, 0.3) is 0 Å². The van der Waals surface area contributed by atoms with Gasteiger partial charge in [0.1, 0.15) is 22.7 Å². The molecule has 136 valence electrons. The molecule has 0 aliphatic heterocycles. The van der Waals surface area contributed by atoms with Gasteiger partial charge < -0.3 is 10.6 Å². The van der Waals surface area contributed by atoms with Crippen molar-refractivity contribution >= 4 is 23.2 Å². The molecule has 1 saturated carbocycles. The third-order valence-electron chi connectivity index (χ3n) is 4.66. The first-order valence-corrected chi connectivity index (χ1v) is 8.50. The number of para-hydroxylation sites is 1. The predicted octanol–water partition coefficient (Wildman–Crippen LogP) is 4.45. The van der Waals surface area contributed by atoms with Gasteiger partial charge in [-0.15, -0.1) is 0 Å². The van der Waals surface area contributed by atoms with Gasteiger partial charge >= 0.3 is 0 Å². The summed E-state index contributed by atoms with van der Waals surface area (Å²) in [5.41, 5.74) is -0.101. The molecule has 3 rings (SSSR count). The van der Waals surface area contributed by atoms with Crippen LogP contribution < -0.4 is 10.6 Å². The van der Waals surface area contributed by atoms with Gasteiger partial charge in [-0.05, 0) is 48.6 Å². The Kier molecular flexibility index (Phi) is 4.76. The Morgan fingerprint density at radius 1 is 0.923 bits per heavy atom. The number of carbonyl (C=O) groups is 2. The summed E-state index contributed by atoms with van der Waals surface area (Å²) < 4.78 is 27.4. The molecule has 26 heavy (non-hydrogen) atoms. The van der Waals surface area contributed by atoms with E-state index in [2.05, 4.69) is 24.5 Å². The molecule has 1 aliphatic carbocycles. The van der Waals surface area contributed by atoms with Gasteiger partial charge in [-0.3, -0.25) is 9.59 Å². The lowest BCUT2D eigenvalue weighted by atomic mass is 10.0. The first kappa shape index (κ1) is 18.0. The highest BCUT2D eigenvalue weighted by molar-refractivity contribution is 6.16. The Bertz CT molecular complexity index is 823. The highest BCUT2D eigenvalue weighted by Gasteiger charge is 2.56. The van der Waals surface area contributed by atoms with Crippen molar-refractivity contribution in [1.29, 1.82) is 0 Å². The number of nitrogens with one attached hydrogen (secondary N) is 2. The SMILES string of the molecule is CC(C)c1ccc(NC(=O)C2(C(=O)Nc3c(F)cccc3F)CC2)cc1. The molecule has 0 unspecified atom stereocenters. The number of rotatable bonds is 5. The maximum atomic E-state index is 13.7. The largest absolute Gasteiger partial charge is 0.325 e. The molecule has 0 spiro atoms. The van der Waals surface area contributed by atoms with E-state index in [1.165, 1.54) is 6.07 Å². The van der Waals surface area contributed by atoms with Gasteiger partial charge in [0.15, 0.2) is 0 Å². The van der Waals surface area contributed by atoms with E-state index in [9.17, 15) is 18.4 Å². The molecule has 2 amide bonds. The monoisotopic (exact) mass is 358 g/mol. The van der Waals surface area contributed by atoms with Crippen LogP contribution in [-0.4, -0.2) is 11.8 Å². The summed E-state index contributed by atoms with van der Waals surface area (Å²) in [4.78, 5) is 25.0. The number of benzene rings is 2. The van der Waals surface area contributed by atoms with E-state index in [-0.39, 0.29) is 0 Å². The first-order valence-electron chi connectivity index (χ1n) is 8.50. The summed E-state index contributed by atoms with van der Waals surface area (Å²) in [6, 6.07) is 10.7. The van der Waals surface area contributed by atoms with Crippen LogP contribution in [0.4, 0.5) is 20.2 Å². The molecule has 2 N–H and O–H groups in total. The molecule has 0 radical (unpaired) electrons. The van der Waals surface area contributed by atoms with Gasteiger partial charge in [0, 0.05) is 5.69 Å². The zero-order valence-electron chi connectivity index (χ0n) is 14.6. The van der Waals surface area contributed by atoms with E-state index < -0.39 is 34.6 Å². The summed E-state index contributed by atoms with van der Waals surface area (Å²) in [6.45, 7) is 4.14. The normalized spacial score (nSPS) is 14.8. The molecule has 4 nitrogen and oxygen atoms in total. The third-order valence-corrected chi connectivity index (χ3v) is 4.66. The van der Waals surface area contributed by atoms with Crippen molar-refractivity contribution in [3.8, 4) is 0 Å². The molecule has 2 aromatic carbocycles. The Morgan fingerprint density at radius 3 is 1.96 bits per heavy atom. The minimum atomic E-state index is -1.29. The molecular formula is C20H20F2N2O2. The molecule has 1 aliphatic rings. The summed E-state index contributed by atoms with van der Waals surface area (Å²) in [7, 11) is 0. The van der Waals surface area contributed by atoms with Crippen LogP contribution in [0.15, 0.2) is 42.5 Å². The molecule has 2 aromatic rings. The zero-order valence-corrected chi connectivity index (χ0v) is 14.6. The number of hydrogen-bond donors (Lipinski definition) is 2. The van der Waals surface area contributed by atoms with E-state index in [0.717, 1.165) is 17.7 Å². The predicted molar refractivity (Wildman–Crippen MR) is 95.8 cm³/mol. The fourth-order valence-corrected chi connectivity index (χ4v) is 2.73. The van der Waals surface area contributed by atoms with Crippen LogP contribution in [-0.2, 0) is 9.59 Å². The van der Waals surface area contributed by atoms with Gasteiger partial charge in [-0.25, -0.2) is 8.78 Å². The van der Waals surface area contributed by atoms with Crippen molar-refractivity contribution in [2.24, 2.45) is 5.41 Å². The number of hydrogen-bond acceptors (Lipinski definition) is 2. The number of carbonyl (C=O) groups excluding carboxylic acids is 2. The Labute approximate surface area is 150 Å². The maximum absolute atomic E-state index is 13.7. The van der Waals surface area contributed by atoms with Crippen LogP contribution in [0.5, 0.6) is 0 Å². The Balaban J connectivity index is 1.71. The number of anilines is 2. The fourth-order valence-electron chi connectivity index (χ4n) is 2.73. The number of amides is 2. The van der Waals surface area contributed by atoms with Crippen molar-refractivity contribution in [2.75, 3.05) is 10.6 Å². The highest BCUT2D eigenvalue weighted by Crippen LogP contribution is 2.47. The number of halogens is 2.